The zero-order valence-corrected chi connectivity index (χ0v) is 12.0. The van der Waals surface area contributed by atoms with E-state index in [1.165, 1.54) is 0 Å². The molecule has 1 aromatic carbocycles. The number of hydrogen-bond acceptors (Lipinski definition) is 3. The summed E-state index contributed by atoms with van der Waals surface area (Å²) in [6, 6.07) is 7.27. The van der Waals surface area contributed by atoms with Gasteiger partial charge in [0.2, 0.25) is 5.91 Å². The van der Waals surface area contributed by atoms with Gasteiger partial charge in [0.25, 0.3) is 0 Å². The maximum Gasteiger partial charge on any atom is 0.337 e. The van der Waals surface area contributed by atoms with E-state index in [0.717, 1.165) is 5.56 Å². The summed E-state index contributed by atoms with van der Waals surface area (Å²) in [6.07, 6.45) is 0.202. The first-order valence-electron chi connectivity index (χ1n) is 6.42. The third-order valence-electron chi connectivity index (χ3n) is 3.72. The second kappa shape index (κ2) is 4.35. The van der Waals surface area contributed by atoms with E-state index >= 15 is 0 Å². The van der Waals surface area contributed by atoms with E-state index in [9.17, 15) is 9.59 Å². The van der Waals surface area contributed by atoms with Crippen molar-refractivity contribution in [3.8, 4) is 0 Å². The zero-order valence-electron chi connectivity index (χ0n) is 11.2. The normalized spacial score (nSPS) is 24.2. The molecule has 4 nitrogen and oxygen atoms in total. The lowest BCUT2D eigenvalue weighted by molar-refractivity contribution is -0.144. The molecule has 0 saturated heterocycles. The number of esters is 1. The Labute approximate surface area is 121 Å². The number of hydrogen-bond donors (Lipinski definition) is 1. The van der Waals surface area contributed by atoms with Crippen LogP contribution in [-0.2, 0) is 14.3 Å². The lowest BCUT2D eigenvalue weighted by Crippen LogP contribution is -2.38. The van der Waals surface area contributed by atoms with Crippen LogP contribution in [0.2, 0.25) is 5.02 Å². The summed E-state index contributed by atoms with van der Waals surface area (Å²) in [7, 11) is 0. The van der Waals surface area contributed by atoms with Crippen molar-refractivity contribution in [2.45, 2.75) is 31.8 Å². The number of carbonyl (C=O) groups is 2. The summed E-state index contributed by atoms with van der Waals surface area (Å²) in [4.78, 5) is 24.1. The van der Waals surface area contributed by atoms with Gasteiger partial charge in [-0.25, -0.2) is 4.79 Å². The molecule has 0 saturated carbocycles. The molecule has 0 fully saturated rings. The second-order valence-electron chi connectivity index (χ2n) is 5.51. The number of amides is 1. The molecule has 0 aromatic heterocycles. The maximum absolute atomic E-state index is 12.2. The van der Waals surface area contributed by atoms with Gasteiger partial charge in [0.15, 0.2) is 0 Å². The summed E-state index contributed by atoms with van der Waals surface area (Å²) in [5.74, 6) is -0.850. The predicted molar refractivity (Wildman–Crippen MR) is 74.1 cm³/mol. The van der Waals surface area contributed by atoms with Gasteiger partial charge in [-0.2, -0.15) is 0 Å². The van der Waals surface area contributed by atoms with Gasteiger partial charge in [0, 0.05) is 17.4 Å². The van der Waals surface area contributed by atoms with Crippen LogP contribution in [0.25, 0.3) is 0 Å². The number of ether oxygens (including phenoxy) is 1. The van der Waals surface area contributed by atoms with Crippen molar-refractivity contribution in [1.29, 1.82) is 0 Å². The van der Waals surface area contributed by atoms with Crippen molar-refractivity contribution in [1.82, 2.24) is 5.32 Å². The lowest BCUT2D eigenvalue weighted by atomic mass is 9.83. The zero-order chi connectivity index (χ0) is 14.5. The summed E-state index contributed by atoms with van der Waals surface area (Å²) in [5.41, 5.74) is 1.06. The fourth-order valence-corrected chi connectivity index (χ4v) is 3.07. The molecular weight excluding hydrogens is 278 g/mol. The van der Waals surface area contributed by atoms with Crippen LogP contribution in [0.5, 0.6) is 0 Å². The molecule has 20 heavy (non-hydrogen) atoms. The van der Waals surface area contributed by atoms with Crippen LogP contribution in [0.4, 0.5) is 0 Å². The Hall–Kier alpha value is -1.81. The standard InChI is InChI=1S/C15H14ClNO3/c1-15(2)13-12(14(19)20-15)9(7-11(18)17-13)8-5-3-4-6-10(8)16/h3-6,9H,7H2,1-2H3,(H,17,18). The molecule has 1 aromatic rings. The lowest BCUT2D eigenvalue weighted by Gasteiger charge is -2.27. The topological polar surface area (TPSA) is 55.4 Å². The monoisotopic (exact) mass is 291 g/mol. The van der Waals surface area contributed by atoms with Gasteiger partial charge in [-0.3, -0.25) is 4.79 Å². The van der Waals surface area contributed by atoms with E-state index in [-0.39, 0.29) is 24.2 Å². The molecular formula is C15H14ClNO3. The Kier molecular flexibility index (Phi) is 2.87. The number of benzene rings is 1. The highest BCUT2D eigenvalue weighted by atomic mass is 35.5. The van der Waals surface area contributed by atoms with E-state index in [4.69, 9.17) is 16.3 Å². The minimum atomic E-state index is -0.804. The highest BCUT2D eigenvalue weighted by Crippen LogP contribution is 2.44. The molecule has 2 heterocycles. The first kappa shape index (κ1) is 13.2. The van der Waals surface area contributed by atoms with Gasteiger partial charge >= 0.3 is 5.97 Å². The van der Waals surface area contributed by atoms with Crippen molar-refractivity contribution in [3.05, 3.63) is 46.1 Å². The number of rotatable bonds is 1. The van der Waals surface area contributed by atoms with Crippen LogP contribution < -0.4 is 5.32 Å². The average molecular weight is 292 g/mol. The van der Waals surface area contributed by atoms with Gasteiger partial charge in [0.05, 0.1) is 11.3 Å². The molecule has 0 aliphatic carbocycles. The Morgan fingerprint density at radius 2 is 2.00 bits per heavy atom. The van der Waals surface area contributed by atoms with E-state index in [2.05, 4.69) is 5.32 Å². The van der Waals surface area contributed by atoms with Gasteiger partial charge in [-0.05, 0) is 25.5 Å². The van der Waals surface area contributed by atoms with Gasteiger partial charge in [0.1, 0.15) is 5.60 Å². The molecule has 1 amide bonds. The van der Waals surface area contributed by atoms with Crippen molar-refractivity contribution < 1.29 is 14.3 Å². The SMILES string of the molecule is CC1(C)OC(=O)C2=C1NC(=O)CC2c1ccccc1Cl. The van der Waals surface area contributed by atoms with E-state index in [1.807, 2.05) is 18.2 Å². The highest BCUT2D eigenvalue weighted by molar-refractivity contribution is 6.31. The number of nitrogens with one attached hydrogen (secondary N) is 1. The van der Waals surface area contributed by atoms with Crippen LogP contribution in [0.3, 0.4) is 0 Å². The first-order chi connectivity index (χ1) is 9.40. The van der Waals surface area contributed by atoms with E-state index in [0.29, 0.717) is 16.3 Å². The number of cyclic esters (lactones) is 1. The third kappa shape index (κ3) is 1.91. The summed E-state index contributed by atoms with van der Waals surface area (Å²) < 4.78 is 5.36. The van der Waals surface area contributed by atoms with Gasteiger partial charge in [-0.15, -0.1) is 0 Å². The largest absolute Gasteiger partial charge is 0.450 e. The molecule has 0 radical (unpaired) electrons. The quantitative estimate of drug-likeness (QED) is 0.809. The van der Waals surface area contributed by atoms with Crippen LogP contribution in [0, 0.1) is 0 Å². The highest BCUT2D eigenvalue weighted by Gasteiger charge is 2.47. The minimum Gasteiger partial charge on any atom is -0.450 e. The van der Waals surface area contributed by atoms with Crippen molar-refractivity contribution in [2.24, 2.45) is 0 Å². The summed E-state index contributed by atoms with van der Waals surface area (Å²) in [5, 5.41) is 3.32. The molecule has 3 rings (SSSR count). The van der Waals surface area contributed by atoms with Crippen LogP contribution in [0.15, 0.2) is 35.5 Å². The molecule has 104 valence electrons. The van der Waals surface area contributed by atoms with Gasteiger partial charge in [-0.1, -0.05) is 29.8 Å². The summed E-state index contributed by atoms with van der Waals surface area (Å²) >= 11 is 6.21. The maximum atomic E-state index is 12.2. The van der Waals surface area contributed by atoms with Crippen LogP contribution >= 0.6 is 11.6 Å². The summed E-state index contributed by atoms with van der Waals surface area (Å²) in [6.45, 7) is 3.53. The molecule has 2 aliphatic rings. The Morgan fingerprint density at radius 1 is 1.30 bits per heavy atom. The molecule has 1 atom stereocenters. The molecule has 1 unspecified atom stereocenters. The van der Waals surface area contributed by atoms with Crippen LogP contribution in [0.1, 0.15) is 31.7 Å². The van der Waals surface area contributed by atoms with E-state index in [1.54, 1.807) is 19.9 Å². The number of halogens is 1. The fourth-order valence-electron chi connectivity index (χ4n) is 2.80. The molecule has 0 bridgehead atoms. The molecule has 5 heteroatoms. The molecule has 0 spiro atoms. The molecule has 1 N–H and O–H groups in total. The number of carbonyl (C=O) groups excluding carboxylic acids is 2. The van der Waals surface area contributed by atoms with Gasteiger partial charge < -0.3 is 10.1 Å². The Balaban J connectivity index is 2.16. The Bertz CT molecular complexity index is 648. The second-order valence-corrected chi connectivity index (χ2v) is 5.92. The van der Waals surface area contributed by atoms with Crippen molar-refractivity contribution >= 4 is 23.5 Å². The third-order valence-corrected chi connectivity index (χ3v) is 4.07. The first-order valence-corrected chi connectivity index (χ1v) is 6.80. The van der Waals surface area contributed by atoms with E-state index < -0.39 is 5.60 Å². The smallest absolute Gasteiger partial charge is 0.337 e. The van der Waals surface area contributed by atoms with Crippen molar-refractivity contribution in [2.75, 3.05) is 0 Å². The van der Waals surface area contributed by atoms with Crippen LogP contribution in [-0.4, -0.2) is 17.5 Å². The average Bonchev–Trinajstić information content (AvgIpc) is 2.59. The minimum absolute atomic E-state index is 0.125. The Morgan fingerprint density at radius 3 is 2.70 bits per heavy atom. The fraction of sp³-hybridized carbons (Fsp3) is 0.333. The predicted octanol–water partition coefficient (Wildman–Crippen LogP) is 2.53. The molecule has 2 aliphatic heterocycles. The van der Waals surface area contributed by atoms with Crippen molar-refractivity contribution in [3.63, 3.8) is 0 Å².